The molecule has 2 fully saturated rings. The third kappa shape index (κ3) is 4.55. The molecule has 1 aromatic heterocycles. The minimum atomic E-state index is -4.42. The van der Waals surface area contributed by atoms with Gasteiger partial charge in [-0.2, -0.15) is 18.2 Å². The molecule has 34 heavy (non-hydrogen) atoms. The summed E-state index contributed by atoms with van der Waals surface area (Å²) in [7, 11) is 2.11. The maximum absolute atomic E-state index is 13.1. The number of piperazine rings is 1. The average Bonchev–Trinajstić information content (AvgIpc) is 3.37. The molecule has 0 aliphatic carbocycles. The van der Waals surface area contributed by atoms with E-state index < -0.39 is 11.7 Å². The third-order valence-corrected chi connectivity index (χ3v) is 6.96. The van der Waals surface area contributed by atoms with Gasteiger partial charge in [0.1, 0.15) is 5.82 Å². The smallest absolute Gasteiger partial charge is 0.356 e. The number of fused-ring (bicyclic) bond motifs is 1. The number of rotatable bonds is 3. The first-order valence-electron chi connectivity index (χ1n) is 11.8. The lowest BCUT2D eigenvalue weighted by atomic mass is 10.0. The summed E-state index contributed by atoms with van der Waals surface area (Å²) in [5.74, 6) is 1.40. The van der Waals surface area contributed by atoms with E-state index in [1.54, 1.807) is 4.90 Å². The van der Waals surface area contributed by atoms with Crippen LogP contribution in [-0.4, -0.2) is 78.5 Å². The highest BCUT2D eigenvalue weighted by Gasteiger charge is 2.32. The molecule has 1 aromatic carbocycles. The summed E-state index contributed by atoms with van der Waals surface area (Å²) in [6, 6.07) is 4.45. The van der Waals surface area contributed by atoms with Gasteiger partial charge in [-0.15, -0.1) is 0 Å². The van der Waals surface area contributed by atoms with Crippen LogP contribution in [0.5, 0.6) is 0 Å². The Morgan fingerprint density at radius 2 is 1.56 bits per heavy atom. The lowest BCUT2D eigenvalue weighted by Crippen LogP contribution is -2.45. The lowest BCUT2D eigenvalue weighted by Gasteiger charge is -2.35. The molecular weight excluding hydrogens is 445 g/mol. The van der Waals surface area contributed by atoms with Crippen molar-refractivity contribution >= 4 is 17.7 Å². The fraction of sp³-hybridized carbons (Fsp3) is 0.542. The average molecular weight is 475 g/mol. The quantitative estimate of drug-likeness (QED) is 0.682. The Morgan fingerprint density at radius 3 is 2.21 bits per heavy atom. The summed E-state index contributed by atoms with van der Waals surface area (Å²) in [6.45, 7) is 6.40. The van der Waals surface area contributed by atoms with Crippen molar-refractivity contribution < 1.29 is 18.0 Å². The molecule has 1 amide bonds. The van der Waals surface area contributed by atoms with E-state index in [0.717, 1.165) is 87.3 Å². The number of carbonyl (C=O) groups is 1. The van der Waals surface area contributed by atoms with Crippen molar-refractivity contribution in [2.75, 3.05) is 62.7 Å². The molecule has 0 N–H and O–H groups in total. The number of hydrogen-bond donors (Lipinski definition) is 0. The Kier molecular flexibility index (Phi) is 6.09. The van der Waals surface area contributed by atoms with Crippen molar-refractivity contribution in [3.63, 3.8) is 0 Å². The second-order valence-corrected chi connectivity index (χ2v) is 9.31. The molecule has 0 atom stereocenters. The Hall–Kier alpha value is -2.88. The first kappa shape index (κ1) is 22.9. The van der Waals surface area contributed by atoms with Crippen molar-refractivity contribution in [3.05, 3.63) is 46.6 Å². The van der Waals surface area contributed by atoms with Crippen molar-refractivity contribution in [2.24, 2.45) is 0 Å². The molecule has 3 aliphatic rings. The van der Waals surface area contributed by atoms with E-state index in [2.05, 4.69) is 21.7 Å². The molecular formula is C24H29F3N6O. The molecule has 5 rings (SSSR count). The number of hydrogen-bond acceptors (Lipinski definition) is 6. The van der Waals surface area contributed by atoms with E-state index >= 15 is 0 Å². The Bertz CT molecular complexity index is 1040. The van der Waals surface area contributed by atoms with Gasteiger partial charge in [0.15, 0.2) is 0 Å². The molecule has 0 radical (unpaired) electrons. The zero-order chi connectivity index (χ0) is 23.9. The number of aromatic nitrogens is 2. The second-order valence-electron chi connectivity index (χ2n) is 9.31. The molecule has 4 heterocycles. The van der Waals surface area contributed by atoms with E-state index in [0.29, 0.717) is 19.5 Å². The van der Waals surface area contributed by atoms with E-state index in [4.69, 9.17) is 9.97 Å². The van der Waals surface area contributed by atoms with Gasteiger partial charge in [0.05, 0.1) is 17.8 Å². The molecule has 3 aliphatic heterocycles. The SMILES string of the molecule is CN1CCN(c2nc3c(c(N4CCCC4)n2)CN(C(=O)c2ccc(C(F)(F)F)cc2)CC3)CC1. The first-order valence-corrected chi connectivity index (χ1v) is 11.8. The van der Waals surface area contributed by atoms with Gasteiger partial charge in [0.2, 0.25) is 5.95 Å². The van der Waals surface area contributed by atoms with Gasteiger partial charge in [-0.25, -0.2) is 4.98 Å². The fourth-order valence-electron chi connectivity index (χ4n) is 4.88. The van der Waals surface area contributed by atoms with Gasteiger partial charge < -0.3 is 19.6 Å². The van der Waals surface area contributed by atoms with Gasteiger partial charge in [0.25, 0.3) is 5.91 Å². The Balaban J connectivity index is 1.41. The predicted molar refractivity (Wildman–Crippen MR) is 123 cm³/mol. The normalized spacial score (nSPS) is 19.5. The van der Waals surface area contributed by atoms with E-state index in [9.17, 15) is 18.0 Å². The van der Waals surface area contributed by atoms with Crippen LogP contribution in [0.15, 0.2) is 24.3 Å². The van der Waals surface area contributed by atoms with Crippen LogP contribution in [0, 0.1) is 0 Å². The van der Waals surface area contributed by atoms with E-state index in [-0.39, 0.29) is 11.5 Å². The molecule has 0 bridgehead atoms. The summed E-state index contributed by atoms with van der Waals surface area (Å²) in [6.07, 6.45) is -1.60. The number of anilines is 2. The summed E-state index contributed by atoms with van der Waals surface area (Å²) in [5, 5.41) is 0. The number of likely N-dealkylation sites (N-methyl/N-ethyl adjacent to an activating group) is 1. The number of nitrogens with zero attached hydrogens (tertiary/aromatic N) is 6. The number of halogens is 3. The van der Waals surface area contributed by atoms with Gasteiger partial charge in [0, 0.05) is 63.4 Å². The van der Waals surface area contributed by atoms with Crippen LogP contribution in [0.3, 0.4) is 0 Å². The fourth-order valence-corrected chi connectivity index (χ4v) is 4.88. The van der Waals surface area contributed by atoms with Gasteiger partial charge in [-0.3, -0.25) is 4.79 Å². The molecule has 2 aromatic rings. The van der Waals surface area contributed by atoms with Crippen LogP contribution in [0.4, 0.5) is 24.9 Å². The summed E-state index contributed by atoms with van der Waals surface area (Å²) in [4.78, 5) is 31.5. The largest absolute Gasteiger partial charge is 0.416 e. The van der Waals surface area contributed by atoms with Crippen molar-refractivity contribution in [1.82, 2.24) is 19.8 Å². The number of alkyl halides is 3. The maximum atomic E-state index is 13.1. The topological polar surface area (TPSA) is 55.8 Å². The monoisotopic (exact) mass is 474 g/mol. The maximum Gasteiger partial charge on any atom is 0.416 e. The van der Waals surface area contributed by atoms with Crippen LogP contribution in [0.2, 0.25) is 0 Å². The number of amides is 1. The van der Waals surface area contributed by atoms with E-state index in [1.807, 2.05) is 0 Å². The highest BCUT2D eigenvalue weighted by molar-refractivity contribution is 5.94. The van der Waals surface area contributed by atoms with Crippen LogP contribution in [-0.2, 0) is 19.1 Å². The van der Waals surface area contributed by atoms with Crippen molar-refractivity contribution in [2.45, 2.75) is 32.0 Å². The third-order valence-electron chi connectivity index (χ3n) is 6.96. The number of benzene rings is 1. The Labute approximate surface area is 197 Å². The number of carbonyl (C=O) groups excluding carboxylic acids is 1. The molecule has 0 spiro atoms. The molecule has 2 saturated heterocycles. The molecule has 0 unspecified atom stereocenters. The zero-order valence-electron chi connectivity index (χ0n) is 19.3. The molecule has 182 valence electrons. The molecule has 7 nitrogen and oxygen atoms in total. The van der Waals surface area contributed by atoms with Crippen LogP contribution in [0.25, 0.3) is 0 Å². The second kappa shape index (κ2) is 9.05. The van der Waals surface area contributed by atoms with Gasteiger partial charge >= 0.3 is 6.18 Å². The van der Waals surface area contributed by atoms with Crippen LogP contribution in [0.1, 0.15) is 40.0 Å². The zero-order valence-corrected chi connectivity index (χ0v) is 19.3. The van der Waals surface area contributed by atoms with Crippen molar-refractivity contribution in [3.8, 4) is 0 Å². The molecule has 0 saturated carbocycles. The summed E-state index contributed by atoms with van der Waals surface area (Å²) < 4.78 is 38.7. The Morgan fingerprint density at radius 1 is 0.882 bits per heavy atom. The highest BCUT2D eigenvalue weighted by atomic mass is 19.4. The minimum absolute atomic E-state index is 0.258. The van der Waals surface area contributed by atoms with Crippen LogP contribution < -0.4 is 9.80 Å². The standard InChI is InChI=1S/C24H29F3N6O/c1-30-12-14-32(15-13-30)23-28-20-8-11-33(16-19(20)21(29-23)31-9-2-3-10-31)22(34)17-4-6-18(7-5-17)24(25,26)27/h4-7H,2-3,8-16H2,1H3. The molecule has 10 heteroatoms. The van der Waals surface area contributed by atoms with Gasteiger partial charge in [-0.1, -0.05) is 0 Å². The minimum Gasteiger partial charge on any atom is -0.356 e. The van der Waals surface area contributed by atoms with Gasteiger partial charge in [-0.05, 0) is 44.2 Å². The van der Waals surface area contributed by atoms with E-state index in [1.165, 1.54) is 12.1 Å². The first-order chi connectivity index (χ1) is 16.3. The lowest BCUT2D eigenvalue weighted by molar-refractivity contribution is -0.137. The highest BCUT2D eigenvalue weighted by Crippen LogP contribution is 2.33. The summed E-state index contributed by atoms with van der Waals surface area (Å²) >= 11 is 0. The van der Waals surface area contributed by atoms with Crippen LogP contribution >= 0.6 is 0 Å². The summed E-state index contributed by atoms with van der Waals surface area (Å²) in [5.41, 5.74) is 1.44. The van der Waals surface area contributed by atoms with Crippen molar-refractivity contribution in [1.29, 1.82) is 0 Å². The predicted octanol–water partition coefficient (Wildman–Crippen LogP) is 3.05.